The Balaban J connectivity index is 2.21. The van der Waals surface area contributed by atoms with Crippen LogP contribution in [-0.4, -0.2) is 54.2 Å². The van der Waals surface area contributed by atoms with Gasteiger partial charge in [0.25, 0.3) is 0 Å². The van der Waals surface area contributed by atoms with E-state index in [1.165, 1.54) is 6.20 Å². The first kappa shape index (κ1) is 14.1. The molecule has 1 saturated heterocycles. The molecule has 2 heterocycles. The van der Waals surface area contributed by atoms with Crippen LogP contribution in [0.4, 0.5) is 5.82 Å². The van der Waals surface area contributed by atoms with Gasteiger partial charge in [0.15, 0.2) is 0 Å². The average Bonchev–Trinajstić information content (AvgIpc) is 2.38. The average molecular weight is 284 g/mol. The Morgan fingerprint density at radius 2 is 2.37 bits per heavy atom. The maximum Gasteiger partial charge on any atom is 0.337 e. The van der Waals surface area contributed by atoms with Crippen LogP contribution in [0.25, 0.3) is 0 Å². The van der Waals surface area contributed by atoms with Crippen molar-refractivity contribution in [1.29, 1.82) is 0 Å². The third-order valence-electron chi connectivity index (χ3n) is 3.58. The lowest BCUT2D eigenvalue weighted by Crippen LogP contribution is -2.45. The zero-order chi connectivity index (χ0) is 14.0. The van der Waals surface area contributed by atoms with Gasteiger partial charge in [-0.15, -0.1) is 0 Å². The fraction of sp³-hybridized carbons (Fsp3) is 0.538. The molecule has 1 unspecified atom stereocenters. The number of carbonyl (C=O) groups is 1. The fourth-order valence-corrected chi connectivity index (χ4v) is 2.61. The maximum atomic E-state index is 11.1. The van der Waals surface area contributed by atoms with E-state index in [-0.39, 0.29) is 10.6 Å². The number of hydrogen-bond donors (Lipinski definition) is 1. The van der Waals surface area contributed by atoms with Gasteiger partial charge in [0.05, 0.1) is 10.6 Å². The first-order chi connectivity index (χ1) is 8.99. The number of carboxylic acids is 1. The molecule has 1 aliphatic rings. The summed E-state index contributed by atoms with van der Waals surface area (Å²) in [4.78, 5) is 19.6. The Morgan fingerprint density at radius 1 is 1.63 bits per heavy atom. The second kappa shape index (κ2) is 5.75. The van der Waals surface area contributed by atoms with Crippen molar-refractivity contribution in [1.82, 2.24) is 9.88 Å². The summed E-state index contributed by atoms with van der Waals surface area (Å²) < 4.78 is 0. The molecule has 5 nitrogen and oxygen atoms in total. The van der Waals surface area contributed by atoms with Gasteiger partial charge in [-0.2, -0.15) is 0 Å². The lowest BCUT2D eigenvalue weighted by molar-refractivity contribution is 0.0697. The fourth-order valence-electron chi connectivity index (χ4n) is 2.43. The van der Waals surface area contributed by atoms with E-state index in [0.717, 1.165) is 25.9 Å². The molecule has 1 aromatic heterocycles. The number of pyridine rings is 1. The molecule has 2 rings (SSSR count). The van der Waals surface area contributed by atoms with Crippen LogP contribution in [0.15, 0.2) is 12.3 Å². The molecule has 1 aromatic rings. The quantitative estimate of drug-likeness (QED) is 0.919. The number of nitrogens with zero attached hydrogens (tertiary/aromatic N) is 3. The predicted molar refractivity (Wildman–Crippen MR) is 75.1 cm³/mol. The highest BCUT2D eigenvalue weighted by Gasteiger charge is 2.23. The van der Waals surface area contributed by atoms with Crippen LogP contribution in [0.3, 0.4) is 0 Å². The van der Waals surface area contributed by atoms with Gasteiger partial charge in [0.1, 0.15) is 5.82 Å². The second-order valence-electron chi connectivity index (χ2n) is 5.00. The predicted octanol–water partition coefficient (Wildman–Crippen LogP) is 1.96. The lowest BCUT2D eigenvalue weighted by atomic mass is 10.0. The number of likely N-dealkylation sites (tertiary alicyclic amines) is 1. The third-order valence-corrected chi connectivity index (χ3v) is 3.88. The largest absolute Gasteiger partial charge is 0.478 e. The van der Waals surface area contributed by atoms with Crippen LogP contribution in [0, 0.1) is 0 Å². The number of anilines is 1. The molecule has 0 spiro atoms. The topological polar surface area (TPSA) is 56.7 Å². The third kappa shape index (κ3) is 3.16. The summed E-state index contributed by atoms with van der Waals surface area (Å²) in [7, 11) is 4.05. The molecule has 1 fully saturated rings. The van der Waals surface area contributed by atoms with Crippen LogP contribution in [0.1, 0.15) is 23.2 Å². The Kier molecular flexibility index (Phi) is 4.27. The standard InChI is InChI=1S/C13H18ClN3O2/c1-16-5-3-4-9(8-16)17(2)12-6-10(13(18)19)11(14)7-15-12/h6-7,9H,3-5,8H2,1-2H3,(H,18,19). The number of piperidine rings is 1. The molecular formula is C13H18ClN3O2. The van der Waals surface area contributed by atoms with Gasteiger partial charge in [0.2, 0.25) is 0 Å². The molecule has 19 heavy (non-hydrogen) atoms. The summed E-state index contributed by atoms with van der Waals surface area (Å²) in [5, 5.41) is 9.26. The minimum Gasteiger partial charge on any atom is -0.478 e. The van der Waals surface area contributed by atoms with Gasteiger partial charge >= 0.3 is 5.97 Å². The number of halogens is 1. The van der Waals surface area contributed by atoms with Gasteiger partial charge in [0, 0.05) is 25.8 Å². The normalized spacial score (nSPS) is 20.3. The Bertz CT molecular complexity index is 481. The van der Waals surface area contributed by atoms with E-state index in [1.807, 2.05) is 11.9 Å². The minimum absolute atomic E-state index is 0.0997. The van der Waals surface area contributed by atoms with Crippen molar-refractivity contribution in [3.05, 3.63) is 22.8 Å². The van der Waals surface area contributed by atoms with Gasteiger partial charge in [-0.25, -0.2) is 9.78 Å². The van der Waals surface area contributed by atoms with Crippen molar-refractivity contribution < 1.29 is 9.90 Å². The van der Waals surface area contributed by atoms with Crippen molar-refractivity contribution >= 4 is 23.4 Å². The zero-order valence-electron chi connectivity index (χ0n) is 11.1. The van der Waals surface area contributed by atoms with Crippen molar-refractivity contribution in [3.8, 4) is 0 Å². The summed E-state index contributed by atoms with van der Waals surface area (Å²) in [6.45, 7) is 2.07. The number of aromatic nitrogens is 1. The van der Waals surface area contributed by atoms with E-state index in [2.05, 4.69) is 16.9 Å². The minimum atomic E-state index is -1.03. The summed E-state index contributed by atoms with van der Waals surface area (Å²) in [5.74, 6) is -0.370. The van der Waals surface area contributed by atoms with Crippen molar-refractivity contribution in [2.45, 2.75) is 18.9 Å². The van der Waals surface area contributed by atoms with Crippen LogP contribution in [-0.2, 0) is 0 Å². The molecule has 0 saturated carbocycles. The Hall–Kier alpha value is -1.33. The summed E-state index contributed by atoms with van der Waals surface area (Å²) >= 11 is 5.83. The van der Waals surface area contributed by atoms with Gasteiger partial charge < -0.3 is 14.9 Å². The Morgan fingerprint density at radius 3 is 3.00 bits per heavy atom. The van der Waals surface area contributed by atoms with E-state index in [0.29, 0.717) is 11.9 Å². The maximum absolute atomic E-state index is 11.1. The molecule has 0 aliphatic carbocycles. The van der Waals surface area contributed by atoms with Gasteiger partial charge in [-0.3, -0.25) is 0 Å². The molecule has 0 radical (unpaired) electrons. The second-order valence-corrected chi connectivity index (χ2v) is 5.40. The highest BCUT2D eigenvalue weighted by Crippen LogP contribution is 2.23. The Labute approximate surface area is 117 Å². The summed E-state index contributed by atoms with van der Waals surface area (Å²) in [6, 6.07) is 1.90. The summed E-state index contributed by atoms with van der Waals surface area (Å²) in [6.07, 6.45) is 3.64. The number of hydrogen-bond acceptors (Lipinski definition) is 4. The molecule has 104 valence electrons. The van der Waals surface area contributed by atoms with Crippen LogP contribution in [0.2, 0.25) is 5.02 Å². The molecule has 1 N–H and O–H groups in total. The number of likely N-dealkylation sites (N-methyl/N-ethyl adjacent to an activating group) is 2. The summed E-state index contributed by atoms with van der Waals surface area (Å²) in [5.41, 5.74) is 0.0997. The van der Waals surface area contributed by atoms with E-state index in [4.69, 9.17) is 16.7 Å². The SMILES string of the molecule is CN1CCCC(N(C)c2cc(C(=O)O)c(Cl)cn2)C1. The lowest BCUT2D eigenvalue weighted by Gasteiger charge is -2.36. The van der Waals surface area contributed by atoms with E-state index >= 15 is 0 Å². The smallest absolute Gasteiger partial charge is 0.337 e. The van der Waals surface area contributed by atoms with Crippen LogP contribution < -0.4 is 4.90 Å². The molecule has 0 bridgehead atoms. The van der Waals surface area contributed by atoms with Gasteiger partial charge in [-0.05, 0) is 32.5 Å². The van der Waals surface area contributed by atoms with Crippen molar-refractivity contribution in [2.24, 2.45) is 0 Å². The number of rotatable bonds is 3. The zero-order valence-corrected chi connectivity index (χ0v) is 11.9. The molecule has 0 aromatic carbocycles. The highest BCUT2D eigenvalue weighted by molar-refractivity contribution is 6.33. The number of carboxylic acid groups (broad SMARTS) is 1. The molecule has 1 aliphatic heterocycles. The van der Waals surface area contributed by atoms with E-state index < -0.39 is 5.97 Å². The molecule has 6 heteroatoms. The number of aromatic carboxylic acids is 1. The van der Waals surface area contributed by atoms with Crippen molar-refractivity contribution in [3.63, 3.8) is 0 Å². The van der Waals surface area contributed by atoms with Crippen molar-refractivity contribution in [2.75, 3.05) is 32.1 Å². The first-order valence-corrected chi connectivity index (χ1v) is 6.67. The first-order valence-electron chi connectivity index (χ1n) is 6.29. The monoisotopic (exact) mass is 283 g/mol. The van der Waals surface area contributed by atoms with Crippen LogP contribution in [0.5, 0.6) is 0 Å². The van der Waals surface area contributed by atoms with E-state index in [1.54, 1.807) is 6.07 Å². The van der Waals surface area contributed by atoms with E-state index in [9.17, 15) is 4.79 Å². The highest BCUT2D eigenvalue weighted by atomic mass is 35.5. The molecular weight excluding hydrogens is 266 g/mol. The van der Waals surface area contributed by atoms with Gasteiger partial charge in [-0.1, -0.05) is 11.6 Å². The molecule has 1 atom stereocenters. The molecule has 0 amide bonds. The van der Waals surface area contributed by atoms with Crippen LogP contribution >= 0.6 is 11.6 Å².